The molecule has 1 aromatic carbocycles. The Hall–Kier alpha value is -1.88. The number of carboxylic acid groups (broad SMARTS) is 1. The van der Waals surface area contributed by atoms with Gasteiger partial charge in [0.05, 0.1) is 6.54 Å². The van der Waals surface area contributed by atoms with Crippen molar-refractivity contribution in [2.45, 2.75) is 12.5 Å². The molecule has 19 heavy (non-hydrogen) atoms. The van der Waals surface area contributed by atoms with E-state index < -0.39 is 12.0 Å². The van der Waals surface area contributed by atoms with Gasteiger partial charge in [0.1, 0.15) is 6.04 Å². The van der Waals surface area contributed by atoms with E-state index in [9.17, 15) is 14.7 Å². The van der Waals surface area contributed by atoms with Crippen LogP contribution in [0, 0.1) is 0 Å². The number of carboxylic acids is 1. The molecule has 1 heterocycles. The molecule has 1 N–H and O–H groups in total. The maximum atomic E-state index is 11.8. The predicted molar refractivity (Wildman–Crippen MR) is 70.8 cm³/mol. The van der Waals surface area contributed by atoms with Gasteiger partial charge in [0.15, 0.2) is 0 Å². The van der Waals surface area contributed by atoms with Gasteiger partial charge in [-0.15, -0.1) is 0 Å². The van der Waals surface area contributed by atoms with Gasteiger partial charge in [-0.25, -0.2) is 0 Å². The number of hydrogen-bond acceptors (Lipinski definition) is 3. The SMILES string of the molecule is CN(C)C(=O)CN1CCc2ccccc2C1C(=O)O. The molecule has 0 bridgehead atoms. The fraction of sp³-hybridized carbons (Fsp3) is 0.429. The molecule has 5 heteroatoms. The van der Waals surface area contributed by atoms with Gasteiger partial charge in [0.2, 0.25) is 5.91 Å². The van der Waals surface area contributed by atoms with Crippen LogP contribution in [0.4, 0.5) is 0 Å². The number of nitrogens with zero attached hydrogens (tertiary/aromatic N) is 2. The summed E-state index contributed by atoms with van der Waals surface area (Å²) in [7, 11) is 3.35. The molecule has 1 aromatic rings. The standard InChI is InChI=1S/C14H18N2O3/c1-15(2)12(17)9-16-8-7-10-5-3-4-6-11(10)13(16)14(18)19/h3-6,13H,7-9H2,1-2H3,(H,18,19). The highest BCUT2D eigenvalue weighted by Gasteiger charge is 2.33. The quantitative estimate of drug-likeness (QED) is 0.873. The lowest BCUT2D eigenvalue weighted by atomic mass is 9.92. The lowest BCUT2D eigenvalue weighted by Gasteiger charge is -2.34. The monoisotopic (exact) mass is 262 g/mol. The van der Waals surface area contributed by atoms with Crippen molar-refractivity contribution in [3.05, 3.63) is 35.4 Å². The van der Waals surface area contributed by atoms with Crippen LogP contribution in [0.3, 0.4) is 0 Å². The molecule has 1 atom stereocenters. The third-order valence-corrected chi connectivity index (χ3v) is 3.45. The summed E-state index contributed by atoms with van der Waals surface area (Å²) in [6.45, 7) is 0.728. The van der Waals surface area contributed by atoms with E-state index in [1.165, 1.54) is 4.90 Å². The van der Waals surface area contributed by atoms with Gasteiger partial charge >= 0.3 is 5.97 Å². The van der Waals surface area contributed by atoms with Crippen LogP contribution in [-0.4, -0.2) is 54.0 Å². The van der Waals surface area contributed by atoms with E-state index in [2.05, 4.69) is 0 Å². The molecule has 102 valence electrons. The van der Waals surface area contributed by atoms with Gasteiger partial charge in [0, 0.05) is 20.6 Å². The molecule has 1 amide bonds. The number of rotatable bonds is 3. The molecule has 0 saturated carbocycles. The number of benzene rings is 1. The number of aliphatic carboxylic acids is 1. The van der Waals surface area contributed by atoms with Crippen molar-refractivity contribution < 1.29 is 14.7 Å². The fourth-order valence-corrected chi connectivity index (χ4v) is 2.39. The largest absolute Gasteiger partial charge is 0.480 e. The van der Waals surface area contributed by atoms with Crippen molar-refractivity contribution in [3.8, 4) is 0 Å². The maximum Gasteiger partial charge on any atom is 0.325 e. The first-order valence-electron chi connectivity index (χ1n) is 6.25. The van der Waals surface area contributed by atoms with Crippen LogP contribution in [-0.2, 0) is 16.0 Å². The molecule has 1 aliphatic rings. The second-order valence-electron chi connectivity index (χ2n) is 4.95. The molecule has 1 aliphatic heterocycles. The second-order valence-corrected chi connectivity index (χ2v) is 4.95. The molecule has 5 nitrogen and oxygen atoms in total. The number of amides is 1. The van der Waals surface area contributed by atoms with Crippen molar-refractivity contribution in [2.24, 2.45) is 0 Å². The molecule has 0 fully saturated rings. The van der Waals surface area contributed by atoms with E-state index in [0.29, 0.717) is 6.54 Å². The molecule has 0 spiro atoms. The zero-order valence-corrected chi connectivity index (χ0v) is 11.2. The summed E-state index contributed by atoms with van der Waals surface area (Å²) >= 11 is 0. The maximum absolute atomic E-state index is 11.8. The van der Waals surface area contributed by atoms with Crippen molar-refractivity contribution >= 4 is 11.9 Å². The Morgan fingerprint density at radius 1 is 1.37 bits per heavy atom. The number of likely N-dealkylation sites (N-methyl/N-ethyl adjacent to an activating group) is 1. The number of hydrogen-bond donors (Lipinski definition) is 1. The lowest BCUT2D eigenvalue weighted by molar-refractivity contribution is -0.145. The minimum absolute atomic E-state index is 0.0781. The van der Waals surface area contributed by atoms with Crippen molar-refractivity contribution in [2.75, 3.05) is 27.2 Å². The molecule has 0 aromatic heterocycles. The van der Waals surface area contributed by atoms with E-state index >= 15 is 0 Å². The van der Waals surface area contributed by atoms with E-state index in [0.717, 1.165) is 17.5 Å². The van der Waals surface area contributed by atoms with Crippen molar-refractivity contribution in [1.82, 2.24) is 9.80 Å². The van der Waals surface area contributed by atoms with Crippen LogP contribution in [0.25, 0.3) is 0 Å². The van der Waals surface area contributed by atoms with Crippen LogP contribution in [0.5, 0.6) is 0 Å². The molecule has 0 radical (unpaired) electrons. The molecule has 0 aliphatic carbocycles. The summed E-state index contributed by atoms with van der Waals surface area (Å²) in [5.74, 6) is -0.982. The molecule has 2 rings (SSSR count). The zero-order chi connectivity index (χ0) is 14.0. The van der Waals surface area contributed by atoms with Gasteiger partial charge in [-0.2, -0.15) is 0 Å². The lowest BCUT2D eigenvalue weighted by Crippen LogP contribution is -2.45. The highest BCUT2D eigenvalue weighted by Crippen LogP contribution is 2.29. The molecular weight excluding hydrogens is 244 g/mol. The first kappa shape index (κ1) is 13.5. The summed E-state index contributed by atoms with van der Waals surface area (Å²) in [5.41, 5.74) is 1.86. The molecular formula is C14H18N2O3. The van der Waals surface area contributed by atoms with Crippen LogP contribution in [0.1, 0.15) is 17.2 Å². The predicted octanol–water partition coefficient (Wildman–Crippen LogP) is 0.759. The third kappa shape index (κ3) is 2.76. The second kappa shape index (κ2) is 5.40. The average molecular weight is 262 g/mol. The van der Waals surface area contributed by atoms with E-state index in [4.69, 9.17) is 0 Å². The van der Waals surface area contributed by atoms with Crippen LogP contribution in [0.2, 0.25) is 0 Å². The third-order valence-electron chi connectivity index (χ3n) is 3.45. The molecule has 0 saturated heterocycles. The summed E-state index contributed by atoms with van der Waals surface area (Å²) < 4.78 is 0. The summed E-state index contributed by atoms with van der Waals surface area (Å²) in [5, 5.41) is 9.44. The average Bonchev–Trinajstić information content (AvgIpc) is 2.37. The Labute approximate surface area is 112 Å². The summed E-state index contributed by atoms with van der Waals surface area (Å²) in [6, 6.07) is 6.81. The van der Waals surface area contributed by atoms with Crippen LogP contribution in [0.15, 0.2) is 24.3 Å². The van der Waals surface area contributed by atoms with E-state index in [1.807, 2.05) is 24.3 Å². The van der Waals surface area contributed by atoms with Crippen LogP contribution < -0.4 is 0 Å². The highest BCUT2D eigenvalue weighted by atomic mass is 16.4. The number of carbonyl (C=O) groups is 2. The van der Waals surface area contributed by atoms with E-state index in [1.54, 1.807) is 19.0 Å². The minimum atomic E-state index is -0.904. The van der Waals surface area contributed by atoms with Crippen LogP contribution >= 0.6 is 0 Å². The Kier molecular flexibility index (Phi) is 3.85. The van der Waals surface area contributed by atoms with Gasteiger partial charge in [-0.1, -0.05) is 24.3 Å². The Morgan fingerprint density at radius 3 is 2.68 bits per heavy atom. The Balaban J connectivity index is 2.27. The summed E-state index contributed by atoms with van der Waals surface area (Å²) in [4.78, 5) is 26.5. The highest BCUT2D eigenvalue weighted by molar-refractivity contribution is 5.81. The topological polar surface area (TPSA) is 60.9 Å². The Bertz CT molecular complexity index is 499. The Morgan fingerprint density at radius 2 is 2.05 bits per heavy atom. The van der Waals surface area contributed by atoms with Gasteiger partial charge in [-0.3, -0.25) is 14.5 Å². The van der Waals surface area contributed by atoms with Gasteiger partial charge < -0.3 is 10.0 Å². The minimum Gasteiger partial charge on any atom is -0.480 e. The zero-order valence-electron chi connectivity index (χ0n) is 11.2. The normalized spacial score (nSPS) is 18.7. The number of fused-ring (bicyclic) bond motifs is 1. The molecule has 1 unspecified atom stereocenters. The van der Waals surface area contributed by atoms with E-state index in [-0.39, 0.29) is 12.5 Å². The van der Waals surface area contributed by atoms with Crippen molar-refractivity contribution in [3.63, 3.8) is 0 Å². The fourth-order valence-electron chi connectivity index (χ4n) is 2.39. The van der Waals surface area contributed by atoms with Gasteiger partial charge in [-0.05, 0) is 17.5 Å². The first-order chi connectivity index (χ1) is 9.00. The number of carbonyl (C=O) groups excluding carboxylic acids is 1. The van der Waals surface area contributed by atoms with Crippen molar-refractivity contribution in [1.29, 1.82) is 0 Å². The summed E-state index contributed by atoms with van der Waals surface area (Å²) in [6.07, 6.45) is 0.778. The smallest absolute Gasteiger partial charge is 0.325 e. The first-order valence-corrected chi connectivity index (χ1v) is 6.25. The van der Waals surface area contributed by atoms with Gasteiger partial charge in [0.25, 0.3) is 0 Å².